The molecule has 19 heavy (non-hydrogen) atoms. The van der Waals surface area contributed by atoms with Crippen molar-refractivity contribution in [2.75, 3.05) is 5.32 Å². The van der Waals surface area contributed by atoms with Crippen LogP contribution < -0.4 is 5.32 Å². The van der Waals surface area contributed by atoms with Gasteiger partial charge in [-0.15, -0.1) is 0 Å². The largest absolute Gasteiger partial charge is 0.380 e. The Bertz CT molecular complexity index is 456. The van der Waals surface area contributed by atoms with Crippen molar-refractivity contribution >= 4 is 5.69 Å². The fourth-order valence-corrected chi connectivity index (χ4v) is 2.93. The number of hydrogen-bond acceptors (Lipinski definition) is 2. The quantitative estimate of drug-likeness (QED) is 0.867. The molecule has 2 rings (SSSR count). The van der Waals surface area contributed by atoms with Gasteiger partial charge in [0.15, 0.2) is 0 Å². The molecular formula is C16H21FN2. The van der Waals surface area contributed by atoms with E-state index in [9.17, 15) is 4.39 Å². The first kappa shape index (κ1) is 13.9. The van der Waals surface area contributed by atoms with Crippen LogP contribution in [0.1, 0.15) is 51.0 Å². The first-order valence-electron chi connectivity index (χ1n) is 7.19. The van der Waals surface area contributed by atoms with E-state index in [4.69, 9.17) is 5.26 Å². The summed E-state index contributed by atoms with van der Waals surface area (Å²) >= 11 is 0. The summed E-state index contributed by atoms with van der Waals surface area (Å²) in [6.07, 6.45) is 7.28. The van der Waals surface area contributed by atoms with Gasteiger partial charge < -0.3 is 5.32 Å². The van der Waals surface area contributed by atoms with Gasteiger partial charge in [-0.1, -0.05) is 19.8 Å². The Morgan fingerprint density at radius 1 is 1.32 bits per heavy atom. The van der Waals surface area contributed by atoms with Crippen LogP contribution in [-0.4, -0.2) is 6.04 Å². The lowest BCUT2D eigenvalue weighted by Crippen LogP contribution is -2.26. The number of anilines is 1. The summed E-state index contributed by atoms with van der Waals surface area (Å²) in [4.78, 5) is 0. The van der Waals surface area contributed by atoms with Crippen molar-refractivity contribution < 1.29 is 4.39 Å². The van der Waals surface area contributed by atoms with Gasteiger partial charge in [-0.3, -0.25) is 0 Å². The molecule has 1 aliphatic carbocycles. The van der Waals surface area contributed by atoms with E-state index < -0.39 is 0 Å². The summed E-state index contributed by atoms with van der Waals surface area (Å²) in [7, 11) is 0. The van der Waals surface area contributed by atoms with Crippen LogP contribution in [0.4, 0.5) is 10.1 Å². The second-order valence-electron chi connectivity index (χ2n) is 5.46. The molecule has 0 unspecified atom stereocenters. The van der Waals surface area contributed by atoms with Crippen LogP contribution in [0.2, 0.25) is 0 Å². The molecule has 0 heterocycles. The zero-order chi connectivity index (χ0) is 13.7. The van der Waals surface area contributed by atoms with Gasteiger partial charge in [-0.2, -0.15) is 5.26 Å². The van der Waals surface area contributed by atoms with Crippen LogP contribution in [0.5, 0.6) is 0 Å². The molecule has 1 aromatic rings. The average Bonchev–Trinajstić information content (AvgIpc) is 2.43. The highest BCUT2D eigenvalue weighted by Crippen LogP contribution is 2.30. The predicted molar refractivity (Wildman–Crippen MR) is 75.4 cm³/mol. The lowest BCUT2D eigenvalue weighted by atomic mass is 9.83. The fraction of sp³-hybridized carbons (Fsp3) is 0.562. The lowest BCUT2D eigenvalue weighted by molar-refractivity contribution is 0.318. The summed E-state index contributed by atoms with van der Waals surface area (Å²) in [5.74, 6) is 0.531. The summed E-state index contributed by atoms with van der Waals surface area (Å²) in [6.45, 7) is 2.23. The molecule has 1 N–H and O–H groups in total. The van der Waals surface area contributed by atoms with Crippen LogP contribution in [0, 0.1) is 23.1 Å². The van der Waals surface area contributed by atoms with Crippen LogP contribution in [0.15, 0.2) is 18.2 Å². The van der Waals surface area contributed by atoms with Crippen LogP contribution in [-0.2, 0) is 0 Å². The molecule has 1 saturated carbocycles. The third kappa shape index (κ3) is 3.70. The molecule has 0 aromatic heterocycles. The summed E-state index contributed by atoms with van der Waals surface area (Å²) in [5, 5.41) is 12.0. The van der Waals surface area contributed by atoms with E-state index in [1.165, 1.54) is 31.7 Å². The maximum absolute atomic E-state index is 13.8. The zero-order valence-corrected chi connectivity index (χ0v) is 11.5. The minimum Gasteiger partial charge on any atom is -0.380 e. The Labute approximate surface area is 114 Å². The molecule has 1 aliphatic rings. The smallest absolute Gasteiger partial charge is 0.147 e. The van der Waals surface area contributed by atoms with Crippen LogP contribution >= 0.6 is 0 Å². The van der Waals surface area contributed by atoms with Crippen molar-refractivity contribution in [3.05, 3.63) is 29.6 Å². The van der Waals surface area contributed by atoms with E-state index in [2.05, 4.69) is 12.2 Å². The van der Waals surface area contributed by atoms with Gasteiger partial charge in [0.05, 0.1) is 17.3 Å². The molecule has 0 bridgehead atoms. The molecule has 0 radical (unpaired) electrons. The Kier molecular flexibility index (Phi) is 4.79. The summed E-state index contributed by atoms with van der Waals surface area (Å²) in [6, 6.07) is 6.95. The van der Waals surface area contributed by atoms with E-state index in [1.807, 2.05) is 6.07 Å². The summed E-state index contributed by atoms with van der Waals surface area (Å²) in [5.41, 5.74) is 0.896. The normalized spacial score (nSPS) is 22.8. The molecule has 2 nitrogen and oxygen atoms in total. The number of halogens is 1. The first-order chi connectivity index (χ1) is 9.22. The van der Waals surface area contributed by atoms with Crippen molar-refractivity contribution in [2.24, 2.45) is 5.92 Å². The standard InChI is InChI=1S/C16H21FN2/c1-2-3-12-4-7-14(8-5-12)19-16-9-6-13(11-18)10-15(16)17/h6,9-10,12,14,19H,2-5,7-8H2,1H3. The highest BCUT2D eigenvalue weighted by molar-refractivity contribution is 5.49. The van der Waals surface area contributed by atoms with E-state index in [0.717, 1.165) is 18.8 Å². The SMILES string of the molecule is CCCC1CCC(Nc2ccc(C#N)cc2F)CC1. The van der Waals surface area contributed by atoms with Gasteiger partial charge >= 0.3 is 0 Å². The van der Waals surface area contributed by atoms with Gasteiger partial charge in [-0.25, -0.2) is 4.39 Å². The van der Waals surface area contributed by atoms with Gasteiger partial charge in [0, 0.05) is 6.04 Å². The summed E-state index contributed by atoms with van der Waals surface area (Å²) < 4.78 is 13.8. The van der Waals surface area contributed by atoms with Crippen molar-refractivity contribution in [1.29, 1.82) is 5.26 Å². The number of nitrogens with one attached hydrogen (secondary N) is 1. The molecule has 102 valence electrons. The van der Waals surface area contributed by atoms with Crippen molar-refractivity contribution in [1.82, 2.24) is 0 Å². The van der Waals surface area contributed by atoms with E-state index in [0.29, 0.717) is 17.3 Å². The molecule has 3 heteroatoms. The number of nitrogens with zero attached hydrogens (tertiary/aromatic N) is 1. The topological polar surface area (TPSA) is 35.8 Å². The van der Waals surface area contributed by atoms with Gasteiger partial charge in [0.25, 0.3) is 0 Å². The number of hydrogen-bond donors (Lipinski definition) is 1. The first-order valence-corrected chi connectivity index (χ1v) is 7.19. The number of rotatable bonds is 4. The van der Waals surface area contributed by atoms with Crippen molar-refractivity contribution in [3.63, 3.8) is 0 Å². The van der Waals surface area contributed by atoms with E-state index >= 15 is 0 Å². The fourth-order valence-electron chi connectivity index (χ4n) is 2.93. The third-order valence-electron chi connectivity index (χ3n) is 4.00. The van der Waals surface area contributed by atoms with E-state index in [1.54, 1.807) is 12.1 Å². The minimum absolute atomic E-state index is 0.324. The van der Waals surface area contributed by atoms with Crippen LogP contribution in [0.25, 0.3) is 0 Å². The van der Waals surface area contributed by atoms with Crippen molar-refractivity contribution in [3.8, 4) is 6.07 Å². The second-order valence-corrected chi connectivity index (χ2v) is 5.46. The number of nitriles is 1. The Balaban J connectivity index is 1.91. The maximum Gasteiger partial charge on any atom is 0.147 e. The second kappa shape index (κ2) is 6.56. The van der Waals surface area contributed by atoms with E-state index in [-0.39, 0.29) is 5.82 Å². The lowest BCUT2D eigenvalue weighted by Gasteiger charge is -2.29. The number of benzene rings is 1. The molecule has 0 saturated heterocycles. The Morgan fingerprint density at radius 3 is 2.63 bits per heavy atom. The Hall–Kier alpha value is -1.56. The third-order valence-corrected chi connectivity index (χ3v) is 4.00. The van der Waals surface area contributed by atoms with Crippen LogP contribution in [0.3, 0.4) is 0 Å². The van der Waals surface area contributed by atoms with Gasteiger partial charge in [0.1, 0.15) is 5.82 Å². The highest BCUT2D eigenvalue weighted by Gasteiger charge is 2.21. The predicted octanol–water partition coefficient (Wildman–Crippen LogP) is 4.47. The average molecular weight is 260 g/mol. The molecular weight excluding hydrogens is 239 g/mol. The monoisotopic (exact) mass is 260 g/mol. The van der Waals surface area contributed by atoms with Gasteiger partial charge in [0.2, 0.25) is 0 Å². The molecule has 0 aliphatic heterocycles. The molecule has 0 amide bonds. The zero-order valence-electron chi connectivity index (χ0n) is 11.5. The van der Waals surface area contributed by atoms with Gasteiger partial charge in [-0.05, 0) is 49.8 Å². The molecule has 1 aromatic carbocycles. The maximum atomic E-state index is 13.8. The molecule has 0 atom stereocenters. The minimum atomic E-state index is -0.324. The van der Waals surface area contributed by atoms with Crippen molar-refractivity contribution in [2.45, 2.75) is 51.5 Å². The molecule has 0 spiro atoms. The highest BCUT2D eigenvalue weighted by atomic mass is 19.1. The Morgan fingerprint density at radius 2 is 2.05 bits per heavy atom. The molecule has 1 fully saturated rings.